The molecule has 2 heterocycles. The molecule has 3 aromatic rings. The number of benzene rings is 1. The van der Waals surface area contributed by atoms with Crippen LogP contribution < -0.4 is 5.56 Å². The summed E-state index contributed by atoms with van der Waals surface area (Å²) in [6.45, 7) is 5.37. The van der Waals surface area contributed by atoms with Gasteiger partial charge in [0.25, 0.3) is 5.56 Å². The molecule has 0 saturated heterocycles. The Morgan fingerprint density at radius 2 is 2.00 bits per heavy atom. The molecule has 27 heavy (non-hydrogen) atoms. The van der Waals surface area contributed by atoms with Crippen molar-refractivity contribution in [3.63, 3.8) is 0 Å². The van der Waals surface area contributed by atoms with Gasteiger partial charge in [-0.25, -0.2) is 9.37 Å². The standard InChI is InChI=1S/C21H19FN4O/c1-14-19(9-11-23-2)24-21(26(14)18-5-3-16(22)4-6-18)15-10-12-25(17-7-8-17)20(27)13-15/h3-6,9-13,17H,2,7-8H2,1H3/b11-9-. The maximum Gasteiger partial charge on any atom is 0.251 e. The van der Waals surface area contributed by atoms with Gasteiger partial charge in [-0.1, -0.05) is 0 Å². The Balaban J connectivity index is 1.89. The highest BCUT2D eigenvalue weighted by molar-refractivity contribution is 5.64. The molecule has 0 spiro atoms. The minimum Gasteiger partial charge on any atom is -0.312 e. The van der Waals surface area contributed by atoms with Gasteiger partial charge in [0.15, 0.2) is 0 Å². The fourth-order valence-corrected chi connectivity index (χ4v) is 3.18. The Labute approximate surface area is 156 Å². The number of halogens is 1. The summed E-state index contributed by atoms with van der Waals surface area (Å²) in [6.07, 6.45) is 7.25. The van der Waals surface area contributed by atoms with Gasteiger partial charge in [0.1, 0.15) is 11.6 Å². The molecular formula is C21H19FN4O. The van der Waals surface area contributed by atoms with Gasteiger partial charge in [0.05, 0.1) is 5.69 Å². The number of imidazole rings is 1. The lowest BCUT2D eigenvalue weighted by molar-refractivity contribution is 0.627. The number of nitrogens with zero attached hydrogens (tertiary/aromatic N) is 4. The predicted octanol–water partition coefficient (Wildman–Crippen LogP) is 4.15. The molecule has 1 aliphatic rings. The van der Waals surface area contributed by atoms with E-state index in [4.69, 9.17) is 4.98 Å². The highest BCUT2D eigenvalue weighted by Crippen LogP contribution is 2.34. The average molecular weight is 362 g/mol. The van der Waals surface area contributed by atoms with Crippen molar-refractivity contribution in [3.8, 4) is 17.1 Å². The maximum atomic E-state index is 13.4. The van der Waals surface area contributed by atoms with E-state index in [1.807, 2.05) is 23.8 Å². The summed E-state index contributed by atoms with van der Waals surface area (Å²) < 4.78 is 17.1. The summed E-state index contributed by atoms with van der Waals surface area (Å²) in [7, 11) is 0. The molecule has 0 radical (unpaired) electrons. The van der Waals surface area contributed by atoms with Crippen LogP contribution in [0.3, 0.4) is 0 Å². The molecule has 0 amide bonds. The Bertz CT molecular complexity index is 1090. The van der Waals surface area contributed by atoms with E-state index >= 15 is 0 Å². The lowest BCUT2D eigenvalue weighted by Crippen LogP contribution is -2.17. The number of hydrogen-bond donors (Lipinski definition) is 0. The van der Waals surface area contributed by atoms with Gasteiger partial charge in [-0.05, 0) is 62.9 Å². The molecule has 0 N–H and O–H groups in total. The van der Waals surface area contributed by atoms with E-state index in [0.29, 0.717) is 17.6 Å². The summed E-state index contributed by atoms with van der Waals surface area (Å²) >= 11 is 0. The fraction of sp³-hybridized carbons (Fsp3) is 0.190. The lowest BCUT2D eigenvalue weighted by Gasteiger charge is -2.11. The summed E-state index contributed by atoms with van der Waals surface area (Å²) in [4.78, 5) is 20.9. The van der Waals surface area contributed by atoms with Crippen LogP contribution in [-0.2, 0) is 0 Å². The topological polar surface area (TPSA) is 52.2 Å². The van der Waals surface area contributed by atoms with Gasteiger partial charge >= 0.3 is 0 Å². The van der Waals surface area contributed by atoms with E-state index in [-0.39, 0.29) is 11.4 Å². The molecule has 0 atom stereocenters. The molecule has 5 nitrogen and oxygen atoms in total. The highest BCUT2D eigenvalue weighted by atomic mass is 19.1. The van der Waals surface area contributed by atoms with Crippen LogP contribution in [0.25, 0.3) is 23.2 Å². The van der Waals surface area contributed by atoms with Crippen LogP contribution in [0.2, 0.25) is 0 Å². The lowest BCUT2D eigenvalue weighted by atomic mass is 10.2. The van der Waals surface area contributed by atoms with Crippen molar-refractivity contribution in [2.45, 2.75) is 25.8 Å². The molecule has 1 aliphatic carbocycles. The first-order chi connectivity index (χ1) is 13.1. The van der Waals surface area contributed by atoms with E-state index in [1.54, 1.807) is 35.0 Å². The molecule has 1 saturated carbocycles. The Kier molecular flexibility index (Phi) is 4.32. The van der Waals surface area contributed by atoms with Crippen LogP contribution >= 0.6 is 0 Å². The molecule has 0 unspecified atom stereocenters. The van der Waals surface area contributed by atoms with Crippen LogP contribution in [0.4, 0.5) is 4.39 Å². The van der Waals surface area contributed by atoms with Crippen LogP contribution in [-0.4, -0.2) is 20.8 Å². The largest absolute Gasteiger partial charge is 0.312 e. The summed E-state index contributed by atoms with van der Waals surface area (Å²) in [5, 5.41) is 0. The van der Waals surface area contributed by atoms with Crippen LogP contribution in [0.15, 0.2) is 58.6 Å². The van der Waals surface area contributed by atoms with Crippen LogP contribution in [0.1, 0.15) is 30.3 Å². The van der Waals surface area contributed by atoms with Crippen molar-refractivity contribution in [2.75, 3.05) is 0 Å². The zero-order chi connectivity index (χ0) is 19.0. The van der Waals surface area contributed by atoms with Crippen molar-refractivity contribution >= 4 is 12.8 Å². The molecule has 1 fully saturated rings. The molecule has 136 valence electrons. The minimum atomic E-state index is -0.305. The van der Waals surface area contributed by atoms with Crippen LogP contribution in [0.5, 0.6) is 0 Å². The summed E-state index contributed by atoms with van der Waals surface area (Å²) in [6, 6.07) is 10.0. The second-order valence-corrected chi connectivity index (χ2v) is 6.61. The normalized spacial score (nSPS) is 14.0. The number of rotatable bonds is 5. The number of pyridine rings is 1. The third-order valence-electron chi connectivity index (χ3n) is 4.71. The SMILES string of the molecule is C=N/C=C\c1nc(-c2ccn(C3CC3)c(=O)c2)n(-c2ccc(F)cc2)c1C. The van der Waals surface area contributed by atoms with E-state index in [1.165, 1.54) is 12.1 Å². The van der Waals surface area contributed by atoms with E-state index in [2.05, 4.69) is 11.7 Å². The average Bonchev–Trinajstić information content (AvgIpc) is 3.45. The molecular weight excluding hydrogens is 343 g/mol. The second-order valence-electron chi connectivity index (χ2n) is 6.61. The first-order valence-corrected chi connectivity index (χ1v) is 8.78. The number of hydrogen-bond acceptors (Lipinski definition) is 3. The monoisotopic (exact) mass is 362 g/mol. The van der Waals surface area contributed by atoms with Gasteiger partial charge < -0.3 is 4.57 Å². The summed E-state index contributed by atoms with van der Waals surface area (Å²) in [5.74, 6) is 0.323. The first-order valence-electron chi connectivity index (χ1n) is 8.78. The van der Waals surface area contributed by atoms with Crippen molar-refractivity contribution in [1.82, 2.24) is 14.1 Å². The Morgan fingerprint density at radius 1 is 1.26 bits per heavy atom. The maximum absolute atomic E-state index is 13.4. The third-order valence-corrected chi connectivity index (χ3v) is 4.71. The molecule has 2 aromatic heterocycles. The molecule has 0 bridgehead atoms. The third kappa shape index (κ3) is 3.26. The molecule has 4 rings (SSSR count). The molecule has 6 heteroatoms. The zero-order valence-electron chi connectivity index (χ0n) is 15.0. The molecule has 0 aliphatic heterocycles. The molecule has 1 aromatic carbocycles. The van der Waals surface area contributed by atoms with Gasteiger partial charge in [-0.2, -0.15) is 0 Å². The Hall–Kier alpha value is -3.28. The fourth-order valence-electron chi connectivity index (χ4n) is 3.18. The van der Waals surface area contributed by atoms with Gasteiger partial charge in [-0.3, -0.25) is 14.4 Å². The van der Waals surface area contributed by atoms with E-state index in [9.17, 15) is 9.18 Å². The van der Waals surface area contributed by atoms with Crippen LogP contribution in [0, 0.1) is 12.7 Å². The van der Waals surface area contributed by atoms with Gasteiger partial charge in [-0.15, -0.1) is 0 Å². The van der Waals surface area contributed by atoms with Gasteiger partial charge in [0, 0.05) is 41.4 Å². The summed E-state index contributed by atoms with van der Waals surface area (Å²) in [5.41, 5.74) is 3.03. The second kappa shape index (κ2) is 6.79. The minimum absolute atomic E-state index is 0.0360. The first kappa shape index (κ1) is 17.1. The Morgan fingerprint density at radius 3 is 2.63 bits per heavy atom. The van der Waals surface area contributed by atoms with Crippen molar-refractivity contribution in [3.05, 3.63) is 76.4 Å². The van der Waals surface area contributed by atoms with E-state index < -0.39 is 0 Å². The quantitative estimate of drug-likeness (QED) is 0.640. The number of aliphatic imine (C=N–C) groups is 1. The number of aromatic nitrogens is 3. The van der Waals surface area contributed by atoms with Gasteiger partial charge in [0.2, 0.25) is 0 Å². The van der Waals surface area contributed by atoms with Crippen molar-refractivity contribution in [2.24, 2.45) is 4.99 Å². The van der Waals surface area contributed by atoms with Crippen molar-refractivity contribution < 1.29 is 4.39 Å². The zero-order valence-corrected chi connectivity index (χ0v) is 15.0. The van der Waals surface area contributed by atoms with Crippen molar-refractivity contribution in [1.29, 1.82) is 0 Å². The highest BCUT2D eigenvalue weighted by Gasteiger charge is 2.24. The van der Waals surface area contributed by atoms with E-state index in [0.717, 1.165) is 29.8 Å². The predicted molar refractivity (Wildman–Crippen MR) is 105 cm³/mol. The smallest absolute Gasteiger partial charge is 0.251 e.